The summed E-state index contributed by atoms with van der Waals surface area (Å²) in [5.41, 5.74) is 7.13. The third-order valence-corrected chi connectivity index (χ3v) is 8.27. The number of rotatable bonds is 14. The Morgan fingerprint density at radius 1 is 1.00 bits per heavy atom. The predicted molar refractivity (Wildman–Crippen MR) is 200 cm³/mol. The number of aliphatic hydroxyl groups excluding tert-OH is 1. The molecule has 0 unspecified atom stereocenters. The molecule has 53 heavy (non-hydrogen) atoms. The molecule has 1 aromatic carbocycles. The van der Waals surface area contributed by atoms with Gasteiger partial charge in [0.05, 0.1) is 30.2 Å². The van der Waals surface area contributed by atoms with Crippen LogP contribution in [0, 0.1) is 29.1 Å². The van der Waals surface area contributed by atoms with Gasteiger partial charge in [-0.1, -0.05) is 54.0 Å². The smallest absolute Gasteiger partial charge is 0.272 e. The van der Waals surface area contributed by atoms with E-state index in [9.17, 15) is 24.3 Å². The summed E-state index contributed by atoms with van der Waals surface area (Å²) < 4.78 is 14.8. The molecule has 0 fully saturated rings. The number of aromatic nitrogens is 2. The lowest BCUT2D eigenvalue weighted by Gasteiger charge is -2.31. The first-order valence-electron chi connectivity index (χ1n) is 16.4. The van der Waals surface area contributed by atoms with E-state index in [1.165, 1.54) is 12.2 Å². The number of ketones is 1. The Morgan fingerprint density at radius 3 is 2.34 bits per heavy atom. The summed E-state index contributed by atoms with van der Waals surface area (Å²) in [4.78, 5) is 51.6. The van der Waals surface area contributed by atoms with E-state index in [1.54, 1.807) is 53.8 Å². The Kier molecular flexibility index (Phi) is 13.6. The monoisotopic (exact) mass is 741 g/mol. The number of Topliss-reactive ketones (excluding diaryl/α,β-unsaturated/α-hetero) is 1. The molecule has 0 spiro atoms. The molecule has 7 N–H and O–H groups in total. The predicted octanol–water partition coefficient (Wildman–Crippen LogP) is 2.73. The number of carbonyl (C=O) groups excluding carboxylic acids is 4. The molecule has 3 aromatic rings. The average molecular weight is 742 g/mol. The van der Waals surface area contributed by atoms with Crippen LogP contribution in [0.15, 0.2) is 72.6 Å². The molecule has 2 aromatic heterocycles. The number of allylic oxidation sites excluding steroid dienone is 3. The van der Waals surface area contributed by atoms with Gasteiger partial charge < -0.3 is 45.4 Å². The Bertz CT molecular complexity index is 2080. The maximum Gasteiger partial charge on any atom is 0.272 e. The molecule has 2 bridgehead atoms. The van der Waals surface area contributed by atoms with Crippen molar-refractivity contribution in [2.24, 2.45) is 19.8 Å². The lowest BCUT2D eigenvalue weighted by atomic mass is 9.81. The van der Waals surface area contributed by atoms with E-state index in [4.69, 9.17) is 20.6 Å². The lowest BCUT2D eigenvalue weighted by Crippen LogP contribution is -2.45. The van der Waals surface area contributed by atoms with Gasteiger partial charge in [0.1, 0.15) is 24.3 Å². The number of nitrogens with one attached hydrogen (secondary N) is 4. The van der Waals surface area contributed by atoms with Crippen molar-refractivity contribution in [3.8, 4) is 23.7 Å². The molecule has 0 aliphatic heterocycles. The number of fused-ring (bicyclic) bond motifs is 2. The zero-order chi connectivity index (χ0) is 37.3. The number of carbonyl (C=O) groups is 4. The van der Waals surface area contributed by atoms with E-state index >= 15 is 0 Å². The highest BCUT2D eigenvalue weighted by Gasteiger charge is 2.43. The van der Waals surface area contributed by atoms with Gasteiger partial charge in [0.15, 0.2) is 5.60 Å². The first kappa shape index (κ1) is 39.9. The number of halogens is 1. The molecular weight excluding hydrogens is 702 g/mol. The second-order valence-corrected chi connectivity index (χ2v) is 12.2. The van der Waals surface area contributed by atoms with Crippen molar-refractivity contribution in [2.45, 2.75) is 44.0 Å². The number of hydrogen-bond acceptors (Lipinski definition) is 8. The van der Waals surface area contributed by atoms with Gasteiger partial charge in [-0.2, -0.15) is 0 Å². The third-order valence-electron chi connectivity index (χ3n) is 8.27. The van der Waals surface area contributed by atoms with Crippen LogP contribution in [0.4, 0.5) is 11.4 Å². The molecule has 0 saturated heterocycles. The number of benzene rings is 1. The Labute approximate surface area is 312 Å². The number of ether oxygens (including phenoxy) is 2. The van der Waals surface area contributed by atoms with Crippen LogP contribution >= 0.6 is 12.4 Å². The van der Waals surface area contributed by atoms with Gasteiger partial charge in [-0.25, -0.2) is 0 Å². The summed E-state index contributed by atoms with van der Waals surface area (Å²) in [6.07, 6.45) is 7.85. The Morgan fingerprint density at radius 2 is 1.64 bits per heavy atom. The van der Waals surface area contributed by atoms with Crippen molar-refractivity contribution in [1.29, 1.82) is 5.41 Å². The maximum absolute atomic E-state index is 13.2. The van der Waals surface area contributed by atoms with Crippen LogP contribution in [-0.2, 0) is 46.2 Å². The summed E-state index contributed by atoms with van der Waals surface area (Å²) in [6.45, 7) is 0.210. The Balaban J connectivity index is 0.00000627. The van der Waals surface area contributed by atoms with Crippen LogP contribution in [-0.4, -0.2) is 68.6 Å². The third kappa shape index (κ3) is 10.3. The zero-order valence-corrected chi connectivity index (χ0v) is 30.0. The van der Waals surface area contributed by atoms with Crippen molar-refractivity contribution in [3.05, 3.63) is 95.1 Å². The summed E-state index contributed by atoms with van der Waals surface area (Å²) in [5.74, 6) is 9.47. The van der Waals surface area contributed by atoms with Gasteiger partial charge >= 0.3 is 0 Å². The number of hydrogen-bond donors (Lipinski definition) is 6. The van der Waals surface area contributed by atoms with Crippen LogP contribution in [0.5, 0.6) is 0 Å². The SMILES string of the molecule is Cl.Cn1cc(NC(=O)c2cc(NC(=O)Cc3ccc(COCO[C@@]45C#C/C=C\C#C[C@H](O)C(=CCC4)C5=O)cc3)cn2C)cc1C(=O)NCCC(=N)N. The molecule has 2 aliphatic carbocycles. The van der Waals surface area contributed by atoms with Crippen LogP contribution in [0.25, 0.3) is 0 Å². The number of aryl methyl sites for hydroxylation is 2. The number of nitrogens with two attached hydrogens (primary N) is 1. The van der Waals surface area contributed by atoms with Crippen LogP contribution in [0.3, 0.4) is 0 Å². The van der Waals surface area contributed by atoms with Crippen LogP contribution in [0.2, 0.25) is 0 Å². The summed E-state index contributed by atoms with van der Waals surface area (Å²) in [5, 5.41) is 25.9. The lowest BCUT2D eigenvalue weighted by molar-refractivity contribution is -0.156. The molecule has 14 nitrogen and oxygen atoms in total. The topological polar surface area (TPSA) is 203 Å². The number of amidine groups is 1. The van der Waals surface area contributed by atoms with Crippen LogP contribution in [0.1, 0.15) is 51.4 Å². The van der Waals surface area contributed by atoms with Gasteiger partial charge in [-0.3, -0.25) is 24.6 Å². The summed E-state index contributed by atoms with van der Waals surface area (Å²) in [6, 6.07) is 10.4. The minimum absolute atomic E-state index is 0. The second kappa shape index (κ2) is 18.0. The molecule has 2 aliphatic rings. The molecule has 276 valence electrons. The molecule has 5 rings (SSSR count). The first-order chi connectivity index (χ1) is 24.9. The van der Waals surface area contributed by atoms with Gasteiger partial charge in [0, 0.05) is 45.0 Å². The van der Waals surface area contributed by atoms with Gasteiger partial charge in [-0.15, -0.1) is 12.4 Å². The zero-order valence-electron chi connectivity index (χ0n) is 29.2. The Hall–Kier alpha value is -5.90. The van der Waals surface area contributed by atoms with Crippen molar-refractivity contribution in [3.63, 3.8) is 0 Å². The first-order valence-corrected chi connectivity index (χ1v) is 16.4. The van der Waals surface area contributed by atoms with E-state index in [2.05, 4.69) is 39.6 Å². The normalized spacial score (nSPS) is 17.8. The number of anilines is 2. The summed E-state index contributed by atoms with van der Waals surface area (Å²) >= 11 is 0. The van der Waals surface area contributed by atoms with E-state index in [1.807, 2.05) is 24.3 Å². The second-order valence-electron chi connectivity index (χ2n) is 12.2. The molecule has 0 saturated carbocycles. The fraction of sp³-hybridized carbons (Fsp3) is 0.289. The van der Waals surface area contributed by atoms with E-state index in [0.29, 0.717) is 35.6 Å². The van der Waals surface area contributed by atoms with E-state index in [0.717, 1.165) is 11.1 Å². The van der Waals surface area contributed by atoms with Crippen molar-refractivity contribution in [2.75, 3.05) is 24.0 Å². The average Bonchev–Trinajstić information content (AvgIpc) is 3.66. The molecular formula is C38H40ClN7O7. The molecule has 3 amide bonds. The van der Waals surface area contributed by atoms with Crippen LogP contribution < -0.4 is 21.7 Å². The number of nitrogens with zero attached hydrogens (tertiary/aromatic N) is 2. The quantitative estimate of drug-likeness (QED) is 0.0476. The van der Waals surface area contributed by atoms with Gasteiger partial charge in [0.25, 0.3) is 11.8 Å². The summed E-state index contributed by atoms with van der Waals surface area (Å²) in [7, 11) is 3.36. The van der Waals surface area contributed by atoms with Crippen molar-refractivity contribution < 1.29 is 33.8 Å². The molecule has 15 heteroatoms. The standard InChI is InChI=1S/C38H39N7O7.ClH/c1-44-22-28(20-30(44)36(49)41-17-14-33(39)40)43-37(50)31-19-27(21-45(31)2)42-34(47)18-25-10-12-26(13-11-25)23-51-24-52-38-15-6-4-3-5-9-32(46)29(35(38)48)8-7-16-38;/h3-4,8,10-13,19-22,32,46H,7,14,16-18,23-24H2,1-2H3,(H3,39,40)(H,41,49)(H,42,47)(H,43,50);1H/b4-3-;/t32-,38-;/m0./s1. The molecule has 0 radical (unpaired) electrons. The van der Waals surface area contributed by atoms with Crippen molar-refractivity contribution >= 4 is 53.1 Å². The van der Waals surface area contributed by atoms with Crippen molar-refractivity contribution in [1.82, 2.24) is 14.5 Å². The highest BCUT2D eigenvalue weighted by molar-refractivity contribution is 6.07. The fourth-order valence-corrected chi connectivity index (χ4v) is 5.60. The molecule has 2 heterocycles. The maximum atomic E-state index is 13.2. The number of amides is 3. The fourth-order valence-electron chi connectivity index (χ4n) is 5.60. The minimum atomic E-state index is -1.43. The van der Waals surface area contributed by atoms with Gasteiger partial charge in [0.2, 0.25) is 11.7 Å². The largest absolute Gasteiger partial charge is 0.388 e. The highest BCUT2D eigenvalue weighted by Crippen LogP contribution is 2.30. The number of aliphatic hydroxyl groups is 1. The van der Waals surface area contributed by atoms with E-state index in [-0.39, 0.29) is 68.4 Å². The molecule has 2 atom stereocenters. The minimum Gasteiger partial charge on any atom is -0.388 e. The van der Waals surface area contributed by atoms with E-state index < -0.39 is 23.4 Å². The van der Waals surface area contributed by atoms with Gasteiger partial charge in [-0.05, 0) is 48.3 Å². The highest BCUT2D eigenvalue weighted by atomic mass is 35.5.